The van der Waals surface area contributed by atoms with E-state index in [2.05, 4.69) is 13.5 Å². The van der Waals surface area contributed by atoms with Gasteiger partial charge in [-0.3, -0.25) is 0 Å². The van der Waals surface area contributed by atoms with Crippen LogP contribution in [0.2, 0.25) is 6.04 Å². The van der Waals surface area contributed by atoms with E-state index in [0.717, 1.165) is 12.8 Å². The van der Waals surface area contributed by atoms with Crippen molar-refractivity contribution in [2.24, 2.45) is 0 Å². The van der Waals surface area contributed by atoms with Crippen LogP contribution in [0.15, 0.2) is 12.2 Å². The summed E-state index contributed by atoms with van der Waals surface area (Å²) >= 11 is 0. The lowest BCUT2D eigenvalue weighted by Crippen LogP contribution is -2.43. The summed E-state index contributed by atoms with van der Waals surface area (Å²) in [6.45, 7) is 7.28. The number of hydrogen-bond donors (Lipinski definition) is 0. The van der Waals surface area contributed by atoms with Crippen LogP contribution in [0.3, 0.4) is 0 Å². The van der Waals surface area contributed by atoms with Crippen molar-refractivity contribution in [1.82, 2.24) is 0 Å². The summed E-state index contributed by atoms with van der Waals surface area (Å²) in [7, 11) is 2.13. The van der Waals surface area contributed by atoms with Gasteiger partial charge < -0.3 is 18.0 Å². The number of rotatable bonds is 10. The second kappa shape index (κ2) is 9.25. The van der Waals surface area contributed by atoms with Gasteiger partial charge in [0.2, 0.25) is 0 Å². The zero-order valence-electron chi connectivity index (χ0n) is 12.7. The minimum absolute atomic E-state index is 0.151. The van der Waals surface area contributed by atoms with Gasteiger partial charge in [-0.1, -0.05) is 19.9 Å². The number of carbonyl (C=O) groups is 1. The van der Waals surface area contributed by atoms with E-state index in [9.17, 15) is 4.79 Å². The first kappa shape index (κ1) is 18.3. The number of ether oxygens (including phenoxy) is 1. The molecule has 1 unspecified atom stereocenters. The molecule has 0 aliphatic heterocycles. The monoisotopic (exact) mass is 290 g/mol. The summed E-state index contributed by atoms with van der Waals surface area (Å²) in [5.41, 5.74) is 0.412. The summed E-state index contributed by atoms with van der Waals surface area (Å²) in [5.74, 6) is -0.349. The molecular formula is C13H26O5Si. The maximum atomic E-state index is 11.6. The molecule has 1 atom stereocenters. The standard InChI is InChI=1S/C13H26O5Si/c1-7-8-12(18-13(14)11(2)3)9-10-19(15-4,16-5)17-6/h12H,2,7-10H2,1,3-6H3. The normalized spacial score (nSPS) is 13.1. The number of carbonyl (C=O) groups excluding carboxylic acids is 1. The van der Waals surface area contributed by atoms with Gasteiger partial charge >= 0.3 is 14.8 Å². The molecule has 0 aromatic carbocycles. The van der Waals surface area contributed by atoms with E-state index < -0.39 is 8.80 Å². The number of esters is 1. The maximum Gasteiger partial charge on any atom is 0.500 e. The Labute approximate surface area is 117 Å². The van der Waals surface area contributed by atoms with Crippen molar-refractivity contribution < 1.29 is 22.8 Å². The molecule has 0 bridgehead atoms. The van der Waals surface area contributed by atoms with E-state index >= 15 is 0 Å². The van der Waals surface area contributed by atoms with E-state index in [1.54, 1.807) is 28.3 Å². The predicted molar refractivity (Wildman–Crippen MR) is 75.8 cm³/mol. The largest absolute Gasteiger partial charge is 0.500 e. The lowest BCUT2D eigenvalue weighted by Gasteiger charge is -2.26. The van der Waals surface area contributed by atoms with Crippen LogP contribution in [0, 0.1) is 0 Å². The highest BCUT2D eigenvalue weighted by atomic mass is 28.4. The van der Waals surface area contributed by atoms with Crippen LogP contribution in [-0.4, -0.2) is 42.2 Å². The van der Waals surface area contributed by atoms with Crippen molar-refractivity contribution in [2.75, 3.05) is 21.3 Å². The molecule has 0 spiro atoms. The molecule has 0 rings (SSSR count). The molecule has 0 saturated carbocycles. The molecule has 0 heterocycles. The van der Waals surface area contributed by atoms with Gasteiger partial charge in [-0.15, -0.1) is 0 Å². The first-order valence-electron chi connectivity index (χ1n) is 6.46. The van der Waals surface area contributed by atoms with Gasteiger partial charge in [0.05, 0.1) is 0 Å². The molecule has 0 aliphatic rings. The molecule has 0 aromatic rings. The van der Waals surface area contributed by atoms with Crippen molar-refractivity contribution in [2.45, 2.75) is 45.3 Å². The van der Waals surface area contributed by atoms with Gasteiger partial charge in [0, 0.05) is 32.9 Å². The Bertz CT molecular complexity index is 280. The molecule has 5 nitrogen and oxygen atoms in total. The highest BCUT2D eigenvalue weighted by molar-refractivity contribution is 6.60. The van der Waals surface area contributed by atoms with Gasteiger partial charge in [0.25, 0.3) is 0 Å². The summed E-state index contributed by atoms with van der Waals surface area (Å²) in [6, 6.07) is 0.616. The van der Waals surface area contributed by atoms with Crippen molar-refractivity contribution in [3.63, 3.8) is 0 Å². The van der Waals surface area contributed by atoms with Crippen LogP contribution in [0.4, 0.5) is 0 Å². The Hall–Kier alpha value is -0.693. The van der Waals surface area contributed by atoms with Crippen LogP contribution < -0.4 is 0 Å². The van der Waals surface area contributed by atoms with E-state index in [-0.39, 0.29) is 12.1 Å². The van der Waals surface area contributed by atoms with Crippen LogP contribution in [0.1, 0.15) is 33.1 Å². The van der Waals surface area contributed by atoms with Crippen LogP contribution >= 0.6 is 0 Å². The van der Waals surface area contributed by atoms with Gasteiger partial charge in [0.1, 0.15) is 6.10 Å². The average molecular weight is 290 g/mol. The lowest BCUT2D eigenvalue weighted by atomic mass is 10.1. The Balaban J connectivity index is 4.49. The van der Waals surface area contributed by atoms with Gasteiger partial charge in [0.15, 0.2) is 0 Å². The third kappa shape index (κ3) is 6.33. The summed E-state index contributed by atoms with van der Waals surface area (Å²) in [5, 5.41) is 0. The summed E-state index contributed by atoms with van der Waals surface area (Å²) < 4.78 is 21.5. The van der Waals surface area contributed by atoms with Crippen molar-refractivity contribution in [3.8, 4) is 0 Å². The quantitative estimate of drug-likeness (QED) is 0.351. The third-order valence-corrected chi connectivity index (χ3v) is 5.71. The second-order valence-corrected chi connectivity index (χ2v) is 7.52. The van der Waals surface area contributed by atoms with Gasteiger partial charge in [-0.05, 0) is 19.8 Å². The fraction of sp³-hybridized carbons (Fsp3) is 0.769. The predicted octanol–water partition coefficient (Wildman–Crippen LogP) is 2.54. The fourth-order valence-electron chi connectivity index (χ4n) is 1.73. The number of hydrogen-bond acceptors (Lipinski definition) is 5. The Morgan fingerprint density at radius 3 is 2.05 bits per heavy atom. The zero-order valence-corrected chi connectivity index (χ0v) is 13.7. The SMILES string of the molecule is C=C(C)C(=O)OC(CCC)CC[Si](OC)(OC)OC. The van der Waals surface area contributed by atoms with Gasteiger partial charge in [-0.25, -0.2) is 4.79 Å². The van der Waals surface area contributed by atoms with Gasteiger partial charge in [-0.2, -0.15) is 0 Å². The zero-order chi connectivity index (χ0) is 14.9. The molecule has 0 amide bonds. The molecule has 0 saturated heterocycles. The fourth-order valence-corrected chi connectivity index (χ4v) is 3.52. The Morgan fingerprint density at radius 1 is 1.16 bits per heavy atom. The molecular weight excluding hydrogens is 264 g/mol. The minimum atomic E-state index is -2.60. The molecule has 112 valence electrons. The van der Waals surface area contributed by atoms with Crippen molar-refractivity contribution in [1.29, 1.82) is 0 Å². The molecule has 0 fully saturated rings. The molecule has 6 heteroatoms. The van der Waals surface area contributed by atoms with Crippen molar-refractivity contribution >= 4 is 14.8 Å². The first-order chi connectivity index (χ1) is 8.94. The maximum absolute atomic E-state index is 11.6. The second-order valence-electron chi connectivity index (χ2n) is 4.43. The first-order valence-corrected chi connectivity index (χ1v) is 8.39. The minimum Gasteiger partial charge on any atom is -0.459 e. The van der Waals surface area contributed by atoms with E-state index in [0.29, 0.717) is 18.0 Å². The van der Waals surface area contributed by atoms with Crippen LogP contribution in [0.25, 0.3) is 0 Å². The Kier molecular flexibility index (Phi) is 8.91. The van der Waals surface area contributed by atoms with E-state index in [4.69, 9.17) is 18.0 Å². The molecule has 0 N–H and O–H groups in total. The summed E-state index contributed by atoms with van der Waals surface area (Å²) in [4.78, 5) is 11.6. The van der Waals surface area contributed by atoms with E-state index in [1.165, 1.54) is 0 Å². The molecule has 19 heavy (non-hydrogen) atoms. The molecule has 0 radical (unpaired) electrons. The topological polar surface area (TPSA) is 54.0 Å². The average Bonchev–Trinajstić information content (AvgIpc) is 2.40. The highest BCUT2D eigenvalue weighted by Crippen LogP contribution is 2.20. The van der Waals surface area contributed by atoms with Crippen LogP contribution in [-0.2, 0) is 22.8 Å². The molecule has 0 aromatic heterocycles. The molecule has 0 aliphatic carbocycles. The third-order valence-electron chi connectivity index (χ3n) is 2.94. The van der Waals surface area contributed by atoms with E-state index in [1.807, 2.05) is 0 Å². The summed E-state index contributed by atoms with van der Waals surface area (Å²) in [6.07, 6.45) is 2.26. The lowest BCUT2D eigenvalue weighted by molar-refractivity contribution is -0.144. The highest BCUT2D eigenvalue weighted by Gasteiger charge is 2.38. The van der Waals surface area contributed by atoms with Crippen LogP contribution in [0.5, 0.6) is 0 Å². The van der Waals surface area contributed by atoms with Crippen molar-refractivity contribution in [3.05, 3.63) is 12.2 Å². The Morgan fingerprint density at radius 2 is 1.68 bits per heavy atom. The smallest absolute Gasteiger partial charge is 0.459 e.